The van der Waals surface area contributed by atoms with Crippen LogP contribution in [0.2, 0.25) is 0 Å². The lowest BCUT2D eigenvalue weighted by Gasteiger charge is -2.40. The van der Waals surface area contributed by atoms with E-state index >= 15 is 0 Å². The predicted molar refractivity (Wildman–Crippen MR) is 80.8 cm³/mol. The standard InChI is InChI=1S/C15H23NO4S/c1-3-15(12-17)9-4-10-16(11-15)21(18,19)14-7-5-13(20-2)6-8-14/h5-8,17H,3-4,9-12H2,1-2H3/t15-/m1/s1. The molecule has 1 atom stereocenters. The summed E-state index contributed by atoms with van der Waals surface area (Å²) in [4.78, 5) is 0.271. The van der Waals surface area contributed by atoms with Crippen LogP contribution in [0.25, 0.3) is 0 Å². The van der Waals surface area contributed by atoms with Crippen LogP contribution in [0.3, 0.4) is 0 Å². The van der Waals surface area contributed by atoms with Crippen LogP contribution in [-0.2, 0) is 10.0 Å². The van der Waals surface area contributed by atoms with Crippen LogP contribution in [-0.4, -0.2) is 44.6 Å². The lowest BCUT2D eigenvalue weighted by molar-refractivity contribution is 0.0609. The van der Waals surface area contributed by atoms with Crippen molar-refractivity contribution >= 4 is 10.0 Å². The zero-order valence-electron chi connectivity index (χ0n) is 12.6. The third kappa shape index (κ3) is 3.22. The van der Waals surface area contributed by atoms with E-state index in [4.69, 9.17) is 4.74 Å². The van der Waals surface area contributed by atoms with E-state index in [0.717, 1.165) is 19.3 Å². The Bertz CT molecular complexity index is 564. The van der Waals surface area contributed by atoms with Gasteiger partial charge in [-0.3, -0.25) is 0 Å². The molecule has 1 aliphatic rings. The van der Waals surface area contributed by atoms with Crippen LogP contribution in [0.15, 0.2) is 29.2 Å². The smallest absolute Gasteiger partial charge is 0.243 e. The molecule has 0 aliphatic carbocycles. The molecule has 1 saturated heterocycles. The van der Waals surface area contributed by atoms with Crippen molar-refractivity contribution in [3.05, 3.63) is 24.3 Å². The third-order valence-electron chi connectivity index (χ3n) is 4.41. The van der Waals surface area contributed by atoms with Crippen molar-refractivity contribution in [3.63, 3.8) is 0 Å². The average molecular weight is 313 g/mol. The van der Waals surface area contributed by atoms with Crippen LogP contribution in [0, 0.1) is 5.41 Å². The SMILES string of the molecule is CC[C@@]1(CO)CCCN(S(=O)(=O)c2ccc(OC)cc2)C1. The fraction of sp³-hybridized carbons (Fsp3) is 0.600. The molecule has 6 heteroatoms. The molecule has 1 aliphatic heterocycles. The monoisotopic (exact) mass is 313 g/mol. The highest BCUT2D eigenvalue weighted by molar-refractivity contribution is 7.89. The zero-order chi connectivity index (χ0) is 15.5. The number of ether oxygens (including phenoxy) is 1. The summed E-state index contributed by atoms with van der Waals surface area (Å²) < 4.78 is 32.0. The molecule has 0 spiro atoms. The van der Waals surface area contributed by atoms with Gasteiger partial charge in [0.05, 0.1) is 12.0 Å². The summed E-state index contributed by atoms with van der Waals surface area (Å²) in [6.07, 6.45) is 2.43. The number of rotatable bonds is 5. The molecule has 0 radical (unpaired) electrons. The Kier molecular flexibility index (Phi) is 4.91. The second kappa shape index (κ2) is 6.34. The first-order valence-corrected chi connectivity index (χ1v) is 8.66. The number of nitrogens with zero attached hydrogens (tertiary/aromatic N) is 1. The van der Waals surface area contributed by atoms with Crippen LogP contribution < -0.4 is 4.74 Å². The van der Waals surface area contributed by atoms with E-state index < -0.39 is 10.0 Å². The van der Waals surface area contributed by atoms with Crippen molar-refractivity contribution < 1.29 is 18.3 Å². The number of sulfonamides is 1. The van der Waals surface area contributed by atoms with E-state index in [1.165, 1.54) is 4.31 Å². The summed E-state index contributed by atoms with van der Waals surface area (Å²) in [7, 11) is -1.96. The molecule has 0 amide bonds. The molecular weight excluding hydrogens is 290 g/mol. The molecule has 1 aromatic rings. The van der Waals surface area contributed by atoms with Crippen LogP contribution in [0.4, 0.5) is 0 Å². The Morgan fingerprint density at radius 1 is 1.33 bits per heavy atom. The van der Waals surface area contributed by atoms with Crippen molar-refractivity contribution in [2.75, 3.05) is 26.8 Å². The minimum absolute atomic E-state index is 0.0259. The van der Waals surface area contributed by atoms with Crippen LogP contribution in [0.5, 0.6) is 5.75 Å². The van der Waals surface area contributed by atoms with E-state index in [9.17, 15) is 13.5 Å². The molecule has 118 valence electrons. The first kappa shape index (κ1) is 16.3. The van der Waals surface area contributed by atoms with Crippen molar-refractivity contribution in [1.29, 1.82) is 0 Å². The van der Waals surface area contributed by atoms with Crippen LogP contribution in [0.1, 0.15) is 26.2 Å². The molecule has 5 nitrogen and oxygen atoms in total. The van der Waals surface area contributed by atoms with Gasteiger partial charge in [-0.05, 0) is 43.5 Å². The van der Waals surface area contributed by atoms with E-state index in [0.29, 0.717) is 18.8 Å². The molecule has 1 fully saturated rings. The predicted octanol–water partition coefficient (Wildman–Crippen LogP) is 1.87. The number of piperidine rings is 1. The number of aliphatic hydroxyl groups is 1. The van der Waals surface area contributed by atoms with Gasteiger partial charge < -0.3 is 9.84 Å². The van der Waals surface area contributed by atoms with Crippen LogP contribution >= 0.6 is 0 Å². The Morgan fingerprint density at radius 3 is 2.52 bits per heavy atom. The highest BCUT2D eigenvalue weighted by Gasteiger charge is 2.38. The van der Waals surface area contributed by atoms with Gasteiger partial charge in [-0.1, -0.05) is 6.92 Å². The van der Waals surface area contributed by atoms with Crippen molar-refractivity contribution in [3.8, 4) is 5.75 Å². The van der Waals surface area contributed by atoms with Gasteiger partial charge in [0.2, 0.25) is 10.0 Å². The Labute approximate surface area is 126 Å². The molecule has 0 aromatic heterocycles. The molecule has 0 bridgehead atoms. The summed E-state index contributed by atoms with van der Waals surface area (Å²) in [5, 5.41) is 9.63. The van der Waals surface area contributed by atoms with Crippen molar-refractivity contribution in [1.82, 2.24) is 4.31 Å². The second-order valence-corrected chi connectivity index (χ2v) is 7.57. The number of hydrogen-bond acceptors (Lipinski definition) is 4. The first-order chi connectivity index (χ1) is 9.97. The van der Waals surface area contributed by atoms with Gasteiger partial charge in [0.25, 0.3) is 0 Å². The Morgan fingerprint density at radius 2 is 2.00 bits per heavy atom. The van der Waals surface area contributed by atoms with E-state index in [1.807, 2.05) is 6.92 Å². The highest BCUT2D eigenvalue weighted by Crippen LogP contribution is 2.35. The van der Waals surface area contributed by atoms with Gasteiger partial charge >= 0.3 is 0 Å². The van der Waals surface area contributed by atoms with Crippen molar-refractivity contribution in [2.24, 2.45) is 5.41 Å². The first-order valence-electron chi connectivity index (χ1n) is 7.22. The lowest BCUT2D eigenvalue weighted by Crippen LogP contribution is -2.47. The summed E-state index contributed by atoms with van der Waals surface area (Å²) in [5.41, 5.74) is -0.308. The lowest BCUT2D eigenvalue weighted by atomic mass is 9.79. The number of hydrogen-bond donors (Lipinski definition) is 1. The number of methoxy groups -OCH3 is 1. The average Bonchev–Trinajstić information content (AvgIpc) is 2.54. The third-order valence-corrected chi connectivity index (χ3v) is 6.27. The molecule has 0 saturated carbocycles. The topological polar surface area (TPSA) is 66.8 Å². The summed E-state index contributed by atoms with van der Waals surface area (Å²) in [5.74, 6) is 0.630. The number of benzene rings is 1. The normalized spacial score (nSPS) is 24.0. The molecule has 1 aromatic carbocycles. The van der Waals surface area contributed by atoms with E-state index in [-0.39, 0.29) is 16.9 Å². The fourth-order valence-corrected chi connectivity index (χ4v) is 4.39. The summed E-state index contributed by atoms with van der Waals surface area (Å²) >= 11 is 0. The van der Waals surface area contributed by atoms with Gasteiger partial charge in [0, 0.05) is 25.1 Å². The van der Waals surface area contributed by atoms with Gasteiger partial charge in [-0.2, -0.15) is 4.31 Å². The van der Waals surface area contributed by atoms with Gasteiger partial charge in [0.1, 0.15) is 5.75 Å². The van der Waals surface area contributed by atoms with Gasteiger partial charge in [-0.15, -0.1) is 0 Å². The Hall–Kier alpha value is -1.11. The maximum absolute atomic E-state index is 12.7. The summed E-state index contributed by atoms with van der Waals surface area (Å²) in [6, 6.07) is 6.43. The minimum Gasteiger partial charge on any atom is -0.497 e. The van der Waals surface area contributed by atoms with Gasteiger partial charge in [0.15, 0.2) is 0 Å². The molecular formula is C15H23NO4S. The molecule has 0 unspecified atom stereocenters. The maximum atomic E-state index is 12.7. The zero-order valence-corrected chi connectivity index (χ0v) is 13.4. The van der Waals surface area contributed by atoms with Gasteiger partial charge in [-0.25, -0.2) is 8.42 Å². The van der Waals surface area contributed by atoms with E-state index in [1.54, 1.807) is 31.4 Å². The summed E-state index contributed by atoms with van der Waals surface area (Å²) in [6.45, 7) is 2.92. The Balaban J connectivity index is 2.25. The molecule has 1 N–H and O–H groups in total. The molecule has 2 rings (SSSR count). The number of aliphatic hydroxyl groups excluding tert-OH is 1. The van der Waals surface area contributed by atoms with E-state index in [2.05, 4.69) is 0 Å². The maximum Gasteiger partial charge on any atom is 0.243 e. The molecule has 1 heterocycles. The van der Waals surface area contributed by atoms with Crippen molar-refractivity contribution in [2.45, 2.75) is 31.1 Å². The second-order valence-electron chi connectivity index (χ2n) is 5.63. The largest absolute Gasteiger partial charge is 0.497 e. The fourth-order valence-electron chi connectivity index (χ4n) is 2.79. The highest BCUT2D eigenvalue weighted by atomic mass is 32.2. The molecule has 21 heavy (non-hydrogen) atoms. The minimum atomic E-state index is -3.51. The quantitative estimate of drug-likeness (QED) is 0.901.